The maximum atomic E-state index is 11.2. The number of ketones is 2. The van der Waals surface area contributed by atoms with Crippen LogP contribution in [0, 0.1) is 10.8 Å². The first-order valence-corrected chi connectivity index (χ1v) is 4.41. The Morgan fingerprint density at radius 1 is 0.750 bits per heavy atom. The summed E-state index contributed by atoms with van der Waals surface area (Å²) in [6.45, 7) is 10.7. The molecule has 0 heterocycles. The van der Waals surface area contributed by atoms with Gasteiger partial charge in [0.25, 0.3) is 0 Å². The molecular formula is C10H18O2. The summed E-state index contributed by atoms with van der Waals surface area (Å²) in [4.78, 5) is 22.4. The number of hydrogen-bond donors (Lipinski definition) is 0. The second kappa shape index (κ2) is 3.00. The molecule has 12 heavy (non-hydrogen) atoms. The highest BCUT2D eigenvalue weighted by atomic mass is 16.2. The van der Waals surface area contributed by atoms with Crippen LogP contribution >= 0.6 is 0 Å². The minimum Gasteiger partial charge on any atom is -0.298 e. The molecule has 2 nitrogen and oxygen atoms in total. The molecule has 70 valence electrons. The van der Waals surface area contributed by atoms with Crippen LogP contribution in [0.15, 0.2) is 0 Å². The minimum absolute atomic E-state index is 0.0602. The fourth-order valence-corrected chi connectivity index (χ4v) is 1.71. The zero-order valence-corrected chi connectivity index (χ0v) is 8.82. The summed E-state index contributed by atoms with van der Waals surface area (Å²) in [7, 11) is 0. The average molecular weight is 170 g/mol. The van der Waals surface area contributed by atoms with Gasteiger partial charge in [0.1, 0.15) is 0 Å². The monoisotopic (exact) mass is 170 g/mol. The van der Waals surface area contributed by atoms with E-state index < -0.39 is 10.8 Å². The van der Waals surface area contributed by atoms with Gasteiger partial charge in [-0.05, 0) is 27.7 Å². The maximum absolute atomic E-state index is 11.2. The van der Waals surface area contributed by atoms with Crippen molar-refractivity contribution in [2.75, 3.05) is 0 Å². The molecule has 1 fully saturated rings. The van der Waals surface area contributed by atoms with Crippen LogP contribution in [0.5, 0.6) is 0 Å². The predicted octanol–water partition coefficient (Wildman–Crippen LogP) is 2.22. The first-order valence-electron chi connectivity index (χ1n) is 4.41. The van der Waals surface area contributed by atoms with Crippen molar-refractivity contribution in [3.05, 3.63) is 0 Å². The van der Waals surface area contributed by atoms with Gasteiger partial charge >= 0.3 is 0 Å². The van der Waals surface area contributed by atoms with E-state index in [0.29, 0.717) is 0 Å². The van der Waals surface area contributed by atoms with Gasteiger partial charge in [-0.2, -0.15) is 0 Å². The second-order valence-electron chi connectivity index (χ2n) is 3.91. The highest BCUT2D eigenvalue weighted by Crippen LogP contribution is 2.45. The Bertz CT molecular complexity index is 172. The molecule has 0 aromatic heterocycles. The van der Waals surface area contributed by atoms with Crippen LogP contribution in [0.1, 0.15) is 41.5 Å². The van der Waals surface area contributed by atoms with Gasteiger partial charge in [0.15, 0.2) is 11.6 Å². The summed E-state index contributed by atoms with van der Waals surface area (Å²) in [6, 6.07) is 0. The molecule has 0 bridgehead atoms. The second-order valence-corrected chi connectivity index (χ2v) is 3.91. The fraction of sp³-hybridized carbons (Fsp3) is 0.800. The van der Waals surface area contributed by atoms with Gasteiger partial charge in [-0.15, -0.1) is 0 Å². The number of rotatable bonds is 0. The Balaban J connectivity index is 0.000000561. The summed E-state index contributed by atoms with van der Waals surface area (Å²) < 4.78 is 0. The average Bonchev–Trinajstić information content (AvgIpc) is 2.05. The van der Waals surface area contributed by atoms with Crippen LogP contribution in [0.4, 0.5) is 0 Å². The molecule has 0 atom stereocenters. The topological polar surface area (TPSA) is 34.1 Å². The minimum atomic E-state index is -0.705. The summed E-state index contributed by atoms with van der Waals surface area (Å²) in [5.74, 6) is 0.120. The standard InChI is InChI=1S/C8H12O2.C2H6/c1-7(2)5(9)8(3,4)6(7)10;1-2/h1-4H3;1-2H3. The summed E-state index contributed by atoms with van der Waals surface area (Å²) in [5, 5.41) is 0. The molecule has 0 saturated heterocycles. The van der Waals surface area contributed by atoms with E-state index >= 15 is 0 Å². The SMILES string of the molecule is CC.CC1(C)C(=O)C(C)(C)C1=O. The lowest BCUT2D eigenvalue weighted by molar-refractivity contribution is -0.165. The zero-order chi connectivity index (χ0) is 10.2. The molecule has 1 saturated carbocycles. The molecule has 1 aliphatic rings. The van der Waals surface area contributed by atoms with Crippen LogP contribution in [-0.2, 0) is 9.59 Å². The highest BCUT2D eigenvalue weighted by Gasteiger charge is 2.61. The van der Waals surface area contributed by atoms with E-state index in [1.54, 1.807) is 27.7 Å². The van der Waals surface area contributed by atoms with E-state index in [1.807, 2.05) is 13.8 Å². The van der Waals surface area contributed by atoms with Gasteiger partial charge in [-0.3, -0.25) is 9.59 Å². The van der Waals surface area contributed by atoms with Crippen molar-refractivity contribution in [1.29, 1.82) is 0 Å². The smallest absolute Gasteiger partial charge is 0.158 e. The lowest BCUT2D eigenvalue weighted by Gasteiger charge is -2.44. The Hall–Kier alpha value is -0.660. The molecule has 2 heteroatoms. The lowest BCUT2D eigenvalue weighted by Crippen LogP contribution is -2.61. The molecular weight excluding hydrogens is 152 g/mol. The van der Waals surface area contributed by atoms with Crippen LogP contribution in [-0.4, -0.2) is 11.6 Å². The van der Waals surface area contributed by atoms with Gasteiger partial charge in [0.05, 0.1) is 10.8 Å². The molecule has 0 spiro atoms. The molecule has 1 aliphatic carbocycles. The van der Waals surface area contributed by atoms with Crippen LogP contribution in [0.3, 0.4) is 0 Å². The summed E-state index contributed by atoms with van der Waals surface area (Å²) in [6.07, 6.45) is 0. The molecule has 0 aromatic rings. The van der Waals surface area contributed by atoms with E-state index in [0.717, 1.165) is 0 Å². The van der Waals surface area contributed by atoms with E-state index in [1.165, 1.54) is 0 Å². The molecule has 0 radical (unpaired) electrons. The maximum Gasteiger partial charge on any atom is 0.158 e. The van der Waals surface area contributed by atoms with E-state index in [-0.39, 0.29) is 11.6 Å². The van der Waals surface area contributed by atoms with Crippen molar-refractivity contribution in [1.82, 2.24) is 0 Å². The first-order chi connectivity index (χ1) is 5.31. The zero-order valence-electron chi connectivity index (χ0n) is 8.82. The van der Waals surface area contributed by atoms with Crippen LogP contribution in [0.2, 0.25) is 0 Å². The number of hydrogen-bond acceptors (Lipinski definition) is 2. The van der Waals surface area contributed by atoms with Gasteiger partial charge in [-0.1, -0.05) is 13.8 Å². The number of carbonyl (C=O) groups is 2. The van der Waals surface area contributed by atoms with Gasteiger partial charge in [-0.25, -0.2) is 0 Å². The normalized spacial score (nSPS) is 23.8. The number of Topliss-reactive ketones (excluding diaryl/α,β-unsaturated/α-hetero) is 2. The van der Waals surface area contributed by atoms with Crippen LogP contribution in [0.25, 0.3) is 0 Å². The van der Waals surface area contributed by atoms with Gasteiger partial charge in [0.2, 0.25) is 0 Å². The highest BCUT2D eigenvalue weighted by molar-refractivity contribution is 6.29. The predicted molar refractivity (Wildman–Crippen MR) is 48.9 cm³/mol. The van der Waals surface area contributed by atoms with Gasteiger partial charge < -0.3 is 0 Å². The van der Waals surface area contributed by atoms with Crippen molar-refractivity contribution < 1.29 is 9.59 Å². The Kier molecular flexibility index (Phi) is 2.83. The third-order valence-electron chi connectivity index (χ3n) is 2.27. The molecule has 0 aliphatic heterocycles. The molecule has 0 amide bonds. The first kappa shape index (κ1) is 11.3. The van der Waals surface area contributed by atoms with Crippen LogP contribution < -0.4 is 0 Å². The van der Waals surface area contributed by atoms with Crippen molar-refractivity contribution in [2.45, 2.75) is 41.5 Å². The van der Waals surface area contributed by atoms with E-state index in [2.05, 4.69) is 0 Å². The summed E-state index contributed by atoms with van der Waals surface area (Å²) in [5.41, 5.74) is -1.41. The van der Waals surface area contributed by atoms with Gasteiger partial charge in [0, 0.05) is 0 Å². The Labute approximate surface area is 74.3 Å². The van der Waals surface area contributed by atoms with Crippen molar-refractivity contribution in [2.24, 2.45) is 10.8 Å². The third kappa shape index (κ3) is 1.19. The molecule has 1 rings (SSSR count). The summed E-state index contributed by atoms with van der Waals surface area (Å²) >= 11 is 0. The molecule has 0 N–H and O–H groups in total. The Morgan fingerprint density at radius 2 is 0.917 bits per heavy atom. The quantitative estimate of drug-likeness (QED) is 0.522. The van der Waals surface area contributed by atoms with E-state index in [9.17, 15) is 9.59 Å². The molecule has 0 aromatic carbocycles. The fourth-order valence-electron chi connectivity index (χ4n) is 1.71. The Morgan fingerprint density at radius 3 is 1.00 bits per heavy atom. The van der Waals surface area contributed by atoms with Crippen molar-refractivity contribution in [3.63, 3.8) is 0 Å². The van der Waals surface area contributed by atoms with Crippen molar-refractivity contribution in [3.8, 4) is 0 Å². The molecule has 0 unspecified atom stereocenters. The lowest BCUT2D eigenvalue weighted by atomic mass is 9.54. The largest absolute Gasteiger partial charge is 0.298 e. The van der Waals surface area contributed by atoms with Crippen molar-refractivity contribution >= 4 is 11.6 Å². The van der Waals surface area contributed by atoms with E-state index in [4.69, 9.17) is 0 Å². The third-order valence-corrected chi connectivity index (χ3v) is 2.27. The number of carbonyl (C=O) groups excluding carboxylic acids is 2.